The first-order chi connectivity index (χ1) is 15.0. The van der Waals surface area contributed by atoms with Gasteiger partial charge in [-0.2, -0.15) is 10.1 Å². The highest BCUT2D eigenvalue weighted by atomic mass is 16.5. The first-order valence-electron chi connectivity index (χ1n) is 9.68. The lowest BCUT2D eigenvalue weighted by Crippen LogP contribution is -2.38. The summed E-state index contributed by atoms with van der Waals surface area (Å²) in [5.41, 5.74) is 2.32. The van der Waals surface area contributed by atoms with E-state index in [0.717, 1.165) is 10.6 Å². The van der Waals surface area contributed by atoms with Gasteiger partial charge in [0.1, 0.15) is 12.3 Å². The van der Waals surface area contributed by atoms with Gasteiger partial charge in [0.25, 0.3) is 5.89 Å². The first kappa shape index (κ1) is 20.1. The second-order valence-electron chi connectivity index (χ2n) is 6.97. The van der Waals surface area contributed by atoms with E-state index in [4.69, 9.17) is 4.52 Å². The molecule has 0 fully saturated rings. The maximum absolute atomic E-state index is 12.4. The highest BCUT2D eigenvalue weighted by Crippen LogP contribution is 2.19. The van der Waals surface area contributed by atoms with E-state index in [-0.39, 0.29) is 30.5 Å². The van der Waals surface area contributed by atoms with E-state index < -0.39 is 5.91 Å². The quantitative estimate of drug-likeness (QED) is 0.616. The van der Waals surface area contributed by atoms with Crippen molar-refractivity contribution in [2.45, 2.75) is 19.8 Å². The second kappa shape index (κ2) is 8.70. The van der Waals surface area contributed by atoms with Crippen molar-refractivity contribution in [2.24, 2.45) is 5.10 Å². The molecule has 9 heteroatoms. The van der Waals surface area contributed by atoms with Gasteiger partial charge < -0.3 is 9.84 Å². The Hall–Kier alpha value is -4.14. The summed E-state index contributed by atoms with van der Waals surface area (Å²) in [5.74, 6) is -0.0989. The summed E-state index contributed by atoms with van der Waals surface area (Å²) in [7, 11) is 0. The molecule has 0 saturated heterocycles. The number of nitrogens with one attached hydrogen (secondary N) is 1. The second-order valence-corrected chi connectivity index (χ2v) is 6.97. The molecular formula is C22H19N5O4. The van der Waals surface area contributed by atoms with E-state index in [2.05, 4.69) is 20.6 Å². The SMILES string of the molecule is CC(=O)c1ccc(NC(=O)CN2N=C(c3nc(-c4ccccc4)no3)CCC2=O)cc1. The third kappa shape index (κ3) is 4.72. The Morgan fingerprint density at radius 1 is 1.06 bits per heavy atom. The highest BCUT2D eigenvalue weighted by molar-refractivity contribution is 6.02. The van der Waals surface area contributed by atoms with Crippen molar-refractivity contribution in [3.8, 4) is 11.4 Å². The average Bonchev–Trinajstić information content (AvgIpc) is 3.26. The molecule has 156 valence electrons. The smallest absolute Gasteiger partial charge is 0.274 e. The van der Waals surface area contributed by atoms with Crippen LogP contribution in [0.2, 0.25) is 0 Å². The molecule has 3 aromatic rings. The summed E-state index contributed by atoms with van der Waals surface area (Å²) in [4.78, 5) is 40.3. The first-order valence-corrected chi connectivity index (χ1v) is 9.68. The zero-order chi connectivity index (χ0) is 21.8. The van der Waals surface area contributed by atoms with Gasteiger partial charge in [0.05, 0.1) is 0 Å². The topological polar surface area (TPSA) is 118 Å². The minimum atomic E-state index is -0.413. The number of anilines is 1. The number of Topliss-reactive ketones (excluding diaryl/α,β-unsaturated/α-hetero) is 1. The van der Waals surface area contributed by atoms with Crippen LogP contribution in [0, 0.1) is 0 Å². The fourth-order valence-corrected chi connectivity index (χ4v) is 3.05. The molecule has 0 atom stereocenters. The van der Waals surface area contributed by atoms with Gasteiger partial charge in [0, 0.05) is 29.7 Å². The van der Waals surface area contributed by atoms with Crippen molar-refractivity contribution in [3.63, 3.8) is 0 Å². The van der Waals surface area contributed by atoms with Gasteiger partial charge in [0.2, 0.25) is 17.6 Å². The molecule has 1 aromatic heterocycles. The molecule has 1 aliphatic rings. The summed E-state index contributed by atoms with van der Waals surface area (Å²) < 4.78 is 5.32. The molecule has 0 bridgehead atoms. The molecule has 4 rings (SSSR count). The molecule has 1 N–H and O–H groups in total. The van der Waals surface area contributed by atoms with Gasteiger partial charge in [-0.1, -0.05) is 35.5 Å². The minimum absolute atomic E-state index is 0.0601. The lowest BCUT2D eigenvalue weighted by molar-refractivity contribution is -0.135. The molecule has 0 unspecified atom stereocenters. The summed E-state index contributed by atoms with van der Waals surface area (Å²) >= 11 is 0. The van der Waals surface area contributed by atoms with Gasteiger partial charge in [0.15, 0.2) is 5.78 Å². The van der Waals surface area contributed by atoms with E-state index in [1.54, 1.807) is 24.3 Å². The van der Waals surface area contributed by atoms with Crippen LogP contribution in [0.4, 0.5) is 5.69 Å². The molecule has 2 aromatic carbocycles. The van der Waals surface area contributed by atoms with Crippen LogP contribution in [0.15, 0.2) is 64.2 Å². The minimum Gasteiger partial charge on any atom is -0.332 e. The largest absolute Gasteiger partial charge is 0.332 e. The third-order valence-electron chi connectivity index (χ3n) is 4.68. The van der Waals surface area contributed by atoms with Crippen LogP contribution in [0.1, 0.15) is 36.0 Å². The Kier molecular flexibility index (Phi) is 5.65. The van der Waals surface area contributed by atoms with Crippen molar-refractivity contribution < 1.29 is 18.9 Å². The standard InChI is InChI=1S/C22H19N5O4/c1-14(28)15-7-9-17(10-8-15)23-19(29)13-27-20(30)12-11-18(25-27)22-24-21(26-31-22)16-5-3-2-4-6-16/h2-10H,11-13H2,1H3,(H,23,29). The number of ketones is 1. The Bertz CT molecular complexity index is 1150. The zero-order valence-corrected chi connectivity index (χ0v) is 16.7. The molecule has 9 nitrogen and oxygen atoms in total. The number of carbonyl (C=O) groups is 3. The maximum Gasteiger partial charge on any atom is 0.274 e. The van der Waals surface area contributed by atoms with E-state index in [1.807, 2.05) is 30.3 Å². The highest BCUT2D eigenvalue weighted by Gasteiger charge is 2.26. The van der Waals surface area contributed by atoms with Crippen molar-refractivity contribution in [3.05, 3.63) is 66.1 Å². The van der Waals surface area contributed by atoms with Crippen molar-refractivity contribution >= 4 is 29.0 Å². The van der Waals surface area contributed by atoms with Crippen LogP contribution in [0.3, 0.4) is 0 Å². The van der Waals surface area contributed by atoms with Crippen molar-refractivity contribution in [1.82, 2.24) is 15.1 Å². The van der Waals surface area contributed by atoms with Gasteiger partial charge in [-0.3, -0.25) is 14.4 Å². The Labute approximate surface area is 177 Å². The monoisotopic (exact) mass is 417 g/mol. The van der Waals surface area contributed by atoms with Crippen molar-refractivity contribution in [2.75, 3.05) is 11.9 Å². The van der Waals surface area contributed by atoms with Gasteiger partial charge in [-0.05, 0) is 31.2 Å². The molecule has 0 spiro atoms. The third-order valence-corrected chi connectivity index (χ3v) is 4.68. The predicted octanol–water partition coefficient (Wildman–Crippen LogP) is 2.90. The number of hydrogen-bond acceptors (Lipinski definition) is 7. The van der Waals surface area contributed by atoms with Crippen LogP contribution < -0.4 is 5.32 Å². The van der Waals surface area contributed by atoms with E-state index >= 15 is 0 Å². The lowest BCUT2D eigenvalue weighted by Gasteiger charge is -2.21. The molecule has 31 heavy (non-hydrogen) atoms. The summed E-state index contributed by atoms with van der Waals surface area (Å²) in [6.07, 6.45) is 0.530. The van der Waals surface area contributed by atoms with E-state index in [9.17, 15) is 14.4 Å². The Morgan fingerprint density at radius 2 is 1.81 bits per heavy atom. The number of nitrogens with zero attached hydrogens (tertiary/aromatic N) is 4. The average molecular weight is 417 g/mol. The van der Waals surface area contributed by atoms with Gasteiger partial charge >= 0.3 is 0 Å². The van der Waals surface area contributed by atoms with Crippen LogP contribution in [-0.2, 0) is 9.59 Å². The Morgan fingerprint density at radius 3 is 2.52 bits per heavy atom. The fourth-order valence-electron chi connectivity index (χ4n) is 3.05. The molecule has 1 aliphatic heterocycles. The molecule has 0 aliphatic carbocycles. The van der Waals surface area contributed by atoms with Crippen LogP contribution >= 0.6 is 0 Å². The zero-order valence-electron chi connectivity index (χ0n) is 16.7. The molecular weight excluding hydrogens is 398 g/mol. The lowest BCUT2D eigenvalue weighted by atomic mass is 10.1. The van der Waals surface area contributed by atoms with E-state index in [0.29, 0.717) is 29.2 Å². The number of carbonyl (C=O) groups excluding carboxylic acids is 3. The summed E-state index contributed by atoms with van der Waals surface area (Å²) in [6.45, 7) is 1.22. The number of aromatic nitrogens is 2. The van der Waals surface area contributed by atoms with Crippen LogP contribution in [-0.4, -0.2) is 45.0 Å². The summed E-state index contributed by atoms with van der Waals surface area (Å²) in [6, 6.07) is 15.9. The number of amides is 2. The number of benzene rings is 2. The maximum atomic E-state index is 12.4. The molecule has 0 saturated carbocycles. The molecule has 2 amide bonds. The normalized spacial score (nSPS) is 13.6. The molecule has 2 heterocycles. The van der Waals surface area contributed by atoms with Gasteiger partial charge in [-0.25, -0.2) is 5.01 Å². The number of rotatable bonds is 6. The number of hydrogen-bond donors (Lipinski definition) is 1. The fraction of sp³-hybridized carbons (Fsp3) is 0.182. The molecule has 0 radical (unpaired) electrons. The Balaban J connectivity index is 1.45. The van der Waals surface area contributed by atoms with Crippen molar-refractivity contribution in [1.29, 1.82) is 0 Å². The summed E-state index contributed by atoms with van der Waals surface area (Å²) in [5, 5.41) is 12.0. The predicted molar refractivity (Wildman–Crippen MR) is 112 cm³/mol. The van der Waals surface area contributed by atoms with E-state index in [1.165, 1.54) is 6.92 Å². The van der Waals surface area contributed by atoms with Gasteiger partial charge in [-0.15, -0.1) is 0 Å². The van der Waals surface area contributed by atoms with Crippen LogP contribution in [0.5, 0.6) is 0 Å². The van der Waals surface area contributed by atoms with Crippen LogP contribution in [0.25, 0.3) is 11.4 Å². The number of hydrazone groups is 1.